The maximum Gasteiger partial charge on any atom is 0.311 e. The van der Waals surface area contributed by atoms with E-state index < -0.39 is 4.92 Å². The normalized spacial score (nSPS) is 15.4. The van der Waals surface area contributed by atoms with Gasteiger partial charge in [-0.25, -0.2) is 4.98 Å². The van der Waals surface area contributed by atoms with Crippen LogP contribution >= 0.6 is 15.9 Å². The maximum atomic E-state index is 11.5. The Labute approximate surface area is 118 Å². The third-order valence-electron chi connectivity index (χ3n) is 3.01. The lowest BCUT2D eigenvalue weighted by molar-refractivity contribution is -0.384. The van der Waals surface area contributed by atoms with Crippen molar-refractivity contribution in [1.29, 1.82) is 0 Å². The van der Waals surface area contributed by atoms with E-state index in [0.717, 1.165) is 0 Å². The molecule has 0 bridgehead atoms. The van der Waals surface area contributed by atoms with Crippen LogP contribution in [0.2, 0.25) is 0 Å². The highest BCUT2D eigenvalue weighted by molar-refractivity contribution is 9.09. The van der Waals surface area contributed by atoms with Gasteiger partial charge in [-0.1, -0.05) is 15.9 Å². The number of alkyl halides is 1. The van der Waals surface area contributed by atoms with Gasteiger partial charge in [-0.05, 0) is 6.07 Å². The van der Waals surface area contributed by atoms with Crippen LogP contribution in [0.5, 0.6) is 0 Å². The summed E-state index contributed by atoms with van der Waals surface area (Å²) in [5.41, 5.74) is 0.00256. The second-order valence-corrected chi connectivity index (χ2v) is 4.67. The average Bonchev–Trinajstić information content (AvgIpc) is 2.46. The molecular formula is C11H13BrN4O3. The van der Waals surface area contributed by atoms with Crippen LogP contribution in [0, 0.1) is 10.1 Å². The van der Waals surface area contributed by atoms with E-state index >= 15 is 0 Å². The number of amides is 1. The van der Waals surface area contributed by atoms with E-state index in [4.69, 9.17) is 0 Å². The van der Waals surface area contributed by atoms with Crippen LogP contribution in [0.4, 0.5) is 11.5 Å². The number of aromatic nitrogens is 1. The SMILES string of the molecule is O=C(CBr)N1CCN(c2ncccc2[N+](=O)[O-])CC1. The van der Waals surface area contributed by atoms with Gasteiger partial charge in [-0.15, -0.1) is 0 Å². The number of rotatable bonds is 3. The van der Waals surface area contributed by atoms with Gasteiger partial charge in [0, 0.05) is 38.4 Å². The predicted octanol–water partition coefficient (Wildman–Crippen LogP) is 1.03. The van der Waals surface area contributed by atoms with E-state index in [9.17, 15) is 14.9 Å². The summed E-state index contributed by atoms with van der Waals surface area (Å²) in [6, 6.07) is 2.99. The number of piperazine rings is 1. The fourth-order valence-corrected chi connectivity index (χ4v) is 2.38. The predicted molar refractivity (Wildman–Crippen MR) is 73.5 cm³/mol. The lowest BCUT2D eigenvalue weighted by atomic mass is 10.3. The molecule has 1 aliphatic heterocycles. The molecule has 2 heterocycles. The first-order valence-electron chi connectivity index (χ1n) is 5.81. The Bertz CT molecular complexity index is 489. The van der Waals surface area contributed by atoms with E-state index in [1.165, 1.54) is 6.07 Å². The van der Waals surface area contributed by atoms with E-state index in [1.807, 2.05) is 4.90 Å². The molecule has 7 nitrogen and oxygen atoms in total. The molecular weight excluding hydrogens is 316 g/mol. The zero-order valence-corrected chi connectivity index (χ0v) is 11.7. The van der Waals surface area contributed by atoms with Crippen LogP contribution in [-0.2, 0) is 4.79 Å². The number of carbonyl (C=O) groups excluding carboxylic acids is 1. The molecule has 1 aliphatic rings. The van der Waals surface area contributed by atoms with Crippen molar-refractivity contribution < 1.29 is 9.72 Å². The second-order valence-electron chi connectivity index (χ2n) is 4.10. The summed E-state index contributed by atoms with van der Waals surface area (Å²) in [5.74, 6) is 0.411. The molecule has 0 N–H and O–H groups in total. The molecule has 0 radical (unpaired) electrons. The van der Waals surface area contributed by atoms with Crippen LogP contribution in [0.3, 0.4) is 0 Å². The Balaban J connectivity index is 2.10. The molecule has 0 spiro atoms. The average molecular weight is 329 g/mol. The Morgan fingerprint density at radius 2 is 2.11 bits per heavy atom. The van der Waals surface area contributed by atoms with Crippen molar-refractivity contribution in [1.82, 2.24) is 9.88 Å². The number of nitrogens with zero attached hydrogens (tertiary/aromatic N) is 4. The van der Waals surface area contributed by atoms with Crippen LogP contribution in [-0.4, -0.2) is 52.2 Å². The van der Waals surface area contributed by atoms with Crippen molar-refractivity contribution in [3.05, 3.63) is 28.4 Å². The number of nitro groups is 1. The lowest BCUT2D eigenvalue weighted by Gasteiger charge is -2.34. The van der Waals surface area contributed by atoms with Gasteiger partial charge in [-0.3, -0.25) is 14.9 Å². The maximum absolute atomic E-state index is 11.5. The van der Waals surface area contributed by atoms with Gasteiger partial charge < -0.3 is 9.80 Å². The van der Waals surface area contributed by atoms with E-state index in [1.54, 1.807) is 17.2 Å². The smallest absolute Gasteiger partial charge is 0.311 e. The minimum absolute atomic E-state index is 0.00256. The van der Waals surface area contributed by atoms with Crippen LogP contribution in [0.1, 0.15) is 0 Å². The van der Waals surface area contributed by atoms with Crippen LogP contribution < -0.4 is 4.90 Å². The van der Waals surface area contributed by atoms with Gasteiger partial charge in [0.2, 0.25) is 11.7 Å². The minimum atomic E-state index is -0.432. The summed E-state index contributed by atoms with van der Waals surface area (Å²) >= 11 is 3.13. The summed E-state index contributed by atoms with van der Waals surface area (Å²) < 4.78 is 0. The molecule has 1 amide bonds. The highest BCUT2D eigenvalue weighted by Crippen LogP contribution is 2.25. The van der Waals surface area contributed by atoms with Crippen molar-refractivity contribution in [2.24, 2.45) is 0 Å². The third kappa shape index (κ3) is 3.01. The fourth-order valence-electron chi connectivity index (χ4n) is 2.03. The number of pyridine rings is 1. The van der Waals surface area contributed by atoms with Crippen molar-refractivity contribution in [3.63, 3.8) is 0 Å². The Hall–Kier alpha value is -1.70. The summed E-state index contributed by atoms with van der Waals surface area (Å²) in [6.45, 7) is 2.21. The quantitative estimate of drug-likeness (QED) is 0.470. The molecule has 1 aromatic heterocycles. The van der Waals surface area contributed by atoms with Gasteiger partial charge >= 0.3 is 5.69 Å². The monoisotopic (exact) mass is 328 g/mol. The van der Waals surface area contributed by atoms with Gasteiger partial charge in [-0.2, -0.15) is 0 Å². The zero-order valence-electron chi connectivity index (χ0n) is 10.2. The first-order valence-corrected chi connectivity index (χ1v) is 6.93. The van der Waals surface area contributed by atoms with Gasteiger partial charge in [0.1, 0.15) is 0 Å². The molecule has 0 aromatic carbocycles. The number of halogens is 1. The topological polar surface area (TPSA) is 79.6 Å². The van der Waals surface area contributed by atoms with Crippen molar-refractivity contribution in [2.75, 3.05) is 36.4 Å². The van der Waals surface area contributed by atoms with Gasteiger partial charge in [0.05, 0.1) is 10.3 Å². The molecule has 8 heteroatoms. The number of anilines is 1. The van der Waals surface area contributed by atoms with Gasteiger partial charge in [0.15, 0.2) is 0 Å². The van der Waals surface area contributed by atoms with Crippen molar-refractivity contribution in [2.45, 2.75) is 0 Å². The molecule has 102 valence electrons. The molecule has 1 saturated heterocycles. The van der Waals surface area contributed by atoms with E-state index in [-0.39, 0.29) is 11.6 Å². The molecule has 1 fully saturated rings. The standard InChI is InChI=1S/C11H13BrN4O3/c12-8-10(17)14-4-6-15(7-5-14)11-9(16(18)19)2-1-3-13-11/h1-3H,4-8H2. The van der Waals surface area contributed by atoms with E-state index in [2.05, 4.69) is 20.9 Å². The summed E-state index contributed by atoms with van der Waals surface area (Å²) in [4.78, 5) is 29.7. The molecule has 0 aliphatic carbocycles. The number of carbonyl (C=O) groups is 1. The minimum Gasteiger partial charge on any atom is -0.347 e. The van der Waals surface area contributed by atoms with Crippen LogP contribution in [0.25, 0.3) is 0 Å². The van der Waals surface area contributed by atoms with Crippen molar-refractivity contribution >= 4 is 33.3 Å². The largest absolute Gasteiger partial charge is 0.347 e. The second kappa shape index (κ2) is 5.96. The van der Waals surface area contributed by atoms with Gasteiger partial charge in [0.25, 0.3) is 0 Å². The number of hydrogen-bond acceptors (Lipinski definition) is 5. The lowest BCUT2D eigenvalue weighted by Crippen LogP contribution is -2.49. The van der Waals surface area contributed by atoms with Crippen molar-refractivity contribution in [3.8, 4) is 0 Å². The summed E-state index contributed by atoms with van der Waals surface area (Å²) in [5, 5.41) is 11.3. The fraction of sp³-hybridized carbons (Fsp3) is 0.455. The molecule has 2 rings (SSSR count). The van der Waals surface area contributed by atoms with Crippen LogP contribution in [0.15, 0.2) is 18.3 Å². The first-order chi connectivity index (χ1) is 9.13. The molecule has 0 atom stereocenters. The highest BCUT2D eigenvalue weighted by Gasteiger charge is 2.25. The number of hydrogen-bond donors (Lipinski definition) is 0. The molecule has 19 heavy (non-hydrogen) atoms. The Kier molecular flexibility index (Phi) is 4.31. The molecule has 1 aromatic rings. The van der Waals surface area contributed by atoms with E-state index in [0.29, 0.717) is 37.3 Å². The zero-order chi connectivity index (χ0) is 13.8. The summed E-state index contributed by atoms with van der Waals surface area (Å²) in [7, 11) is 0. The third-order valence-corrected chi connectivity index (χ3v) is 3.49. The first kappa shape index (κ1) is 13.7. The Morgan fingerprint density at radius 3 is 2.68 bits per heavy atom. The molecule has 0 saturated carbocycles. The highest BCUT2D eigenvalue weighted by atomic mass is 79.9. The summed E-state index contributed by atoms with van der Waals surface area (Å²) in [6.07, 6.45) is 1.54. The Morgan fingerprint density at radius 1 is 1.42 bits per heavy atom. The molecule has 0 unspecified atom stereocenters.